The van der Waals surface area contributed by atoms with Gasteiger partial charge in [0.2, 0.25) is 0 Å². The van der Waals surface area contributed by atoms with Crippen LogP contribution in [0, 0.1) is 0 Å². The SMILES string of the molecule is CCCCCCCCc1ccccc1NC(=O)O. The third-order valence-electron chi connectivity index (χ3n) is 3.06. The fourth-order valence-electron chi connectivity index (χ4n) is 2.07. The van der Waals surface area contributed by atoms with E-state index in [-0.39, 0.29) is 0 Å². The maximum absolute atomic E-state index is 10.7. The zero-order valence-electron chi connectivity index (χ0n) is 11.1. The standard InChI is InChI=1S/C15H23NO2/c1-2-3-4-5-6-7-10-13-11-8-9-12-14(13)16-15(17)18/h8-9,11-12,16H,2-7,10H2,1H3,(H,17,18). The molecule has 0 bridgehead atoms. The van der Waals surface area contributed by atoms with Crippen molar-refractivity contribution < 1.29 is 9.90 Å². The van der Waals surface area contributed by atoms with Crippen LogP contribution in [0.25, 0.3) is 0 Å². The topological polar surface area (TPSA) is 49.3 Å². The number of carbonyl (C=O) groups is 1. The predicted octanol–water partition coefficient (Wildman–Crippen LogP) is 4.68. The summed E-state index contributed by atoms with van der Waals surface area (Å²) in [5.41, 5.74) is 1.81. The number of amides is 1. The number of anilines is 1. The second kappa shape index (κ2) is 8.56. The average Bonchev–Trinajstić information content (AvgIpc) is 2.35. The largest absolute Gasteiger partial charge is 0.465 e. The molecule has 0 unspecified atom stereocenters. The highest BCUT2D eigenvalue weighted by atomic mass is 16.4. The molecule has 1 rings (SSSR count). The first-order chi connectivity index (χ1) is 8.74. The predicted molar refractivity (Wildman–Crippen MR) is 75.2 cm³/mol. The highest BCUT2D eigenvalue weighted by Gasteiger charge is 2.04. The minimum atomic E-state index is -0.995. The number of benzene rings is 1. The first-order valence-corrected chi connectivity index (χ1v) is 6.82. The van der Waals surface area contributed by atoms with E-state index in [0.717, 1.165) is 24.1 Å². The van der Waals surface area contributed by atoms with Gasteiger partial charge in [0.15, 0.2) is 0 Å². The molecule has 0 saturated heterocycles. The van der Waals surface area contributed by atoms with Gasteiger partial charge in [-0.15, -0.1) is 0 Å². The summed E-state index contributed by atoms with van der Waals surface area (Å²) in [5.74, 6) is 0. The molecular formula is C15H23NO2. The lowest BCUT2D eigenvalue weighted by Gasteiger charge is -2.08. The second-order valence-electron chi connectivity index (χ2n) is 4.61. The van der Waals surface area contributed by atoms with Crippen molar-refractivity contribution in [3.63, 3.8) is 0 Å². The summed E-state index contributed by atoms with van der Waals surface area (Å²) < 4.78 is 0. The van der Waals surface area contributed by atoms with Crippen LogP contribution >= 0.6 is 0 Å². The maximum Gasteiger partial charge on any atom is 0.409 e. The van der Waals surface area contributed by atoms with E-state index in [4.69, 9.17) is 5.11 Å². The minimum Gasteiger partial charge on any atom is -0.465 e. The van der Waals surface area contributed by atoms with Crippen LogP contribution in [0.5, 0.6) is 0 Å². The number of carboxylic acid groups (broad SMARTS) is 1. The highest BCUT2D eigenvalue weighted by molar-refractivity contribution is 5.83. The third kappa shape index (κ3) is 5.71. The van der Waals surface area contributed by atoms with Gasteiger partial charge in [-0.3, -0.25) is 5.32 Å². The third-order valence-corrected chi connectivity index (χ3v) is 3.06. The van der Waals surface area contributed by atoms with E-state index in [0.29, 0.717) is 0 Å². The number of hydrogen-bond acceptors (Lipinski definition) is 1. The van der Waals surface area contributed by atoms with Crippen LogP contribution in [0.15, 0.2) is 24.3 Å². The van der Waals surface area contributed by atoms with Crippen molar-refractivity contribution in [2.75, 3.05) is 5.32 Å². The van der Waals surface area contributed by atoms with E-state index in [9.17, 15) is 4.79 Å². The first kappa shape index (κ1) is 14.6. The number of para-hydroxylation sites is 1. The molecule has 0 spiro atoms. The van der Waals surface area contributed by atoms with Crippen molar-refractivity contribution in [3.8, 4) is 0 Å². The van der Waals surface area contributed by atoms with Gasteiger partial charge in [-0.25, -0.2) is 4.79 Å². The van der Waals surface area contributed by atoms with Crippen LogP contribution in [0.2, 0.25) is 0 Å². The number of nitrogens with one attached hydrogen (secondary N) is 1. The molecule has 0 fully saturated rings. The van der Waals surface area contributed by atoms with Crippen molar-refractivity contribution in [1.82, 2.24) is 0 Å². The summed E-state index contributed by atoms with van der Waals surface area (Å²) in [5, 5.41) is 11.2. The van der Waals surface area contributed by atoms with Gasteiger partial charge in [0.05, 0.1) is 0 Å². The zero-order valence-corrected chi connectivity index (χ0v) is 11.1. The molecule has 3 heteroatoms. The van der Waals surface area contributed by atoms with Crippen LogP contribution in [0.4, 0.5) is 10.5 Å². The van der Waals surface area contributed by atoms with Crippen LogP contribution in [0.1, 0.15) is 51.0 Å². The Morgan fingerprint density at radius 3 is 2.50 bits per heavy atom. The zero-order chi connectivity index (χ0) is 13.2. The van der Waals surface area contributed by atoms with Crippen molar-refractivity contribution >= 4 is 11.8 Å². The summed E-state index contributed by atoms with van der Waals surface area (Å²) in [4.78, 5) is 10.7. The number of unbranched alkanes of at least 4 members (excludes halogenated alkanes) is 5. The molecule has 3 nitrogen and oxygen atoms in total. The van der Waals surface area contributed by atoms with E-state index >= 15 is 0 Å². The van der Waals surface area contributed by atoms with Gasteiger partial charge in [-0.1, -0.05) is 57.2 Å². The fourth-order valence-corrected chi connectivity index (χ4v) is 2.07. The molecule has 1 amide bonds. The highest BCUT2D eigenvalue weighted by Crippen LogP contribution is 2.18. The fraction of sp³-hybridized carbons (Fsp3) is 0.533. The lowest BCUT2D eigenvalue weighted by molar-refractivity contribution is 0.209. The van der Waals surface area contributed by atoms with Gasteiger partial charge < -0.3 is 5.11 Å². The van der Waals surface area contributed by atoms with Gasteiger partial charge in [0.25, 0.3) is 0 Å². The van der Waals surface area contributed by atoms with E-state index in [2.05, 4.69) is 12.2 Å². The molecule has 0 heterocycles. The Morgan fingerprint density at radius 2 is 1.78 bits per heavy atom. The number of rotatable bonds is 8. The minimum absolute atomic E-state index is 0.721. The van der Waals surface area contributed by atoms with Crippen LogP contribution < -0.4 is 5.32 Å². The van der Waals surface area contributed by atoms with E-state index in [1.165, 1.54) is 32.1 Å². The summed E-state index contributed by atoms with van der Waals surface area (Å²) in [6.07, 6.45) is 7.48. The normalized spacial score (nSPS) is 10.3. The Kier molecular flexibility index (Phi) is 6.92. The van der Waals surface area contributed by atoms with Gasteiger partial charge in [0.1, 0.15) is 0 Å². The van der Waals surface area contributed by atoms with E-state index in [1.807, 2.05) is 24.3 Å². The lowest BCUT2D eigenvalue weighted by atomic mass is 10.0. The molecule has 0 saturated carbocycles. The van der Waals surface area contributed by atoms with Gasteiger partial charge in [0, 0.05) is 5.69 Å². The van der Waals surface area contributed by atoms with Crippen LogP contribution in [-0.4, -0.2) is 11.2 Å². The molecule has 1 aromatic rings. The van der Waals surface area contributed by atoms with E-state index in [1.54, 1.807) is 0 Å². The summed E-state index contributed by atoms with van der Waals surface area (Å²) in [6, 6.07) is 7.63. The van der Waals surface area contributed by atoms with Crippen molar-refractivity contribution in [2.45, 2.75) is 51.9 Å². The molecule has 0 radical (unpaired) electrons. The smallest absolute Gasteiger partial charge is 0.409 e. The quantitative estimate of drug-likeness (QED) is 0.657. The molecule has 1 aromatic carbocycles. The molecule has 0 aliphatic heterocycles. The van der Waals surface area contributed by atoms with E-state index < -0.39 is 6.09 Å². The Morgan fingerprint density at radius 1 is 1.11 bits per heavy atom. The van der Waals surface area contributed by atoms with Crippen molar-refractivity contribution in [2.24, 2.45) is 0 Å². The molecular weight excluding hydrogens is 226 g/mol. The van der Waals surface area contributed by atoms with Crippen molar-refractivity contribution in [3.05, 3.63) is 29.8 Å². The molecule has 18 heavy (non-hydrogen) atoms. The summed E-state index contributed by atoms with van der Waals surface area (Å²) >= 11 is 0. The molecule has 2 N–H and O–H groups in total. The molecule has 0 aromatic heterocycles. The van der Waals surface area contributed by atoms with Gasteiger partial charge in [-0.2, -0.15) is 0 Å². The van der Waals surface area contributed by atoms with Gasteiger partial charge >= 0.3 is 6.09 Å². The summed E-state index contributed by atoms with van der Waals surface area (Å²) in [6.45, 7) is 2.22. The average molecular weight is 249 g/mol. The Labute approximate surface area is 109 Å². The summed E-state index contributed by atoms with van der Waals surface area (Å²) in [7, 11) is 0. The number of hydrogen-bond donors (Lipinski definition) is 2. The molecule has 0 aliphatic rings. The lowest BCUT2D eigenvalue weighted by Crippen LogP contribution is -2.09. The van der Waals surface area contributed by atoms with Crippen LogP contribution in [0.3, 0.4) is 0 Å². The monoisotopic (exact) mass is 249 g/mol. The second-order valence-corrected chi connectivity index (χ2v) is 4.61. The Balaban J connectivity index is 2.34. The molecule has 0 atom stereocenters. The number of aryl methyl sites for hydroxylation is 1. The van der Waals surface area contributed by atoms with Crippen LogP contribution in [-0.2, 0) is 6.42 Å². The molecule has 100 valence electrons. The maximum atomic E-state index is 10.7. The molecule has 0 aliphatic carbocycles. The van der Waals surface area contributed by atoms with Gasteiger partial charge in [-0.05, 0) is 24.5 Å². The first-order valence-electron chi connectivity index (χ1n) is 6.82. The Bertz CT molecular complexity index is 363. The Hall–Kier alpha value is -1.51. The van der Waals surface area contributed by atoms with Crippen molar-refractivity contribution in [1.29, 1.82) is 0 Å².